The molecule has 0 heterocycles. The Morgan fingerprint density at radius 3 is 2.36 bits per heavy atom. The zero-order chi connectivity index (χ0) is 15.9. The highest BCUT2D eigenvalue weighted by molar-refractivity contribution is 6.30. The lowest BCUT2D eigenvalue weighted by atomic mass is 10.1. The second-order valence-electron chi connectivity index (χ2n) is 5.16. The number of carbonyl (C=O) groups is 1. The highest BCUT2D eigenvalue weighted by Gasteiger charge is 2.00. The fourth-order valence-corrected chi connectivity index (χ4v) is 2.03. The monoisotopic (exact) mass is 314 g/mol. The molecule has 0 atom stereocenters. The second-order valence-corrected chi connectivity index (χ2v) is 5.60. The van der Waals surface area contributed by atoms with Crippen molar-refractivity contribution in [2.75, 3.05) is 5.32 Å². The van der Waals surface area contributed by atoms with Gasteiger partial charge >= 0.3 is 0 Å². The van der Waals surface area contributed by atoms with Gasteiger partial charge in [0.25, 0.3) is 0 Å². The molecule has 0 fully saturated rings. The van der Waals surface area contributed by atoms with Crippen LogP contribution < -0.4 is 10.6 Å². The number of amides is 1. The third-order valence-corrected chi connectivity index (χ3v) is 3.40. The Labute approximate surface area is 136 Å². The molecule has 4 heteroatoms. The summed E-state index contributed by atoms with van der Waals surface area (Å²) < 4.78 is 0. The molecule has 0 aliphatic carbocycles. The van der Waals surface area contributed by atoms with Crippen LogP contribution >= 0.6 is 11.6 Å². The fourth-order valence-electron chi connectivity index (χ4n) is 1.91. The number of halogens is 1. The van der Waals surface area contributed by atoms with E-state index in [9.17, 15) is 4.79 Å². The minimum absolute atomic E-state index is 0.170. The molecule has 1 amide bonds. The van der Waals surface area contributed by atoms with Gasteiger partial charge in [-0.2, -0.15) is 0 Å². The van der Waals surface area contributed by atoms with Crippen molar-refractivity contribution in [3.8, 4) is 0 Å². The van der Waals surface area contributed by atoms with Gasteiger partial charge in [-0.05, 0) is 43.7 Å². The zero-order valence-corrected chi connectivity index (χ0v) is 13.4. The Morgan fingerprint density at radius 1 is 1.09 bits per heavy atom. The minimum Gasteiger partial charge on any atom is -0.384 e. The lowest BCUT2D eigenvalue weighted by molar-refractivity contribution is -0.112. The van der Waals surface area contributed by atoms with Crippen LogP contribution in [0, 0.1) is 6.92 Å². The number of hydrogen-bond acceptors (Lipinski definition) is 2. The van der Waals surface area contributed by atoms with Gasteiger partial charge in [0.05, 0.1) is 0 Å². The van der Waals surface area contributed by atoms with Crippen LogP contribution in [0.25, 0.3) is 0 Å². The largest absolute Gasteiger partial charge is 0.384 e. The van der Waals surface area contributed by atoms with Gasteiger partial charge in [-0.25, -0.2) is 0 Å². The van der Waals surface area contributed by atoms with Crippen molar-refractivity contribution < 1.29 is 4.79 Å². The average Bonchev–Trinajstić information content (AvgIpc) is 2.49. The van der Waals surface area contributed by atoms with Gasteiger partial charge in [-0.3, -0.25) is 4.79 Å². The standard InChI is InChI=1S/C18H19ClN2O/c1-13-3-5-15(6-4-13)12-20-14(2)11-18(22)21-17-9-7-16(19)8-10-17/h3-11,20H,12H2,1-2H3,(H,21,22)/b14-11+. The van der Waals surface area contributed by atoms with Gasteiger partial charge in [-0.15, -0.1) is 0 Å². The molecule has 0 saturated heterocycles. The van der Waals surface area contributed by atoms with Gasteiger partial charge in [0.2, 0.25) is 5.91 Å². The summed E-state index contributed by atoms with van der Waals surface area (Å²) >= 11 is 5.81. The smallest absolute Gasteiger partial charge is 0.250 e. The highest BCUT2D eigenvalue weighted by Crippen LogP contribution is 2.13. The molecule has 2 aromatic rings. The number of hydrogen-bond donors (Lipinski definition) is 2. The first-order valence-corrected chi connectivity index (χ1v) is 7.45. The number of carbonyl (C=O) groups excluding carboxylic acids is 1. The van der Waals surface area contributed by atoms with Crippen molar-refractivity contribution >= 4 is 23.2 Å². The quantitative estimate of drug-likeness (QED) is 0.809. The normalized spacial score (nSPS) is 11.1. The Hall–Kier alpha value is -2.26. The number of anilines is 1. The third-order valence-electron chi connectivity index (χ3n) is 3.15. The topological polar surface area (TPSA) is 41.1 Å². The molecule has 0 aliphatic rings. The van der Waals surface area contributed by atoms with E-state index in [1.807, 2.05) is 6.92 Å². The van der Waals surface area contributed by atoms with Crippen molar-refractivity contribution in [1.82, 2.24) is 5.32 Å². The van der Waals surface area contributed by atoms with E-state index in [2.05, 4.69) is 41.8 Å². The predicted molar refractivity (Wildman–Crippen MR) is 91.9 cm³/mol. The molecule has 114 valence electrons. The van der Waals surface area contributed by atoms with Crippen LogP contribution in [0.3, 0.4) is 0 Å². The van der Waals surface area contributed by atoms with E-state index in [0.717, 1.165) is 11.4 Å². The van der Waals surface area contributed by atoms with E-state index in [-0.39, 0.29) is 5.91 Å². The predicted octanol–water partition coefficient (Wildman–Crippen LogP) is 4.28. The first-order chi connectivity index (χ1) is 10.5. The third kappa shape index (κ3) is 5.26. The van der Waals surface area contributed by atoms with E-state index in [1.54, 1.807) is 30.3 Å². The molecule has 3 nitrogen and oxygen atoms in total. The van der Waals surface area contributed by atoms with Gasteiger partial charge in [0.1, 0.15) is 0 Å². The van der Waals surface area contributed by atoms with Crippen LogP contribution in [0.5, 0.6) is 0 Å². The maximum atomic E-state index is 11.9. The summed E-state index contributed by atoms with van der Waals surface area (Å²) in [4.78, 5) is 11.9. The maximum Gasteiger partial charge on any atom is 0.250 e. The van der Waals surface area contributed by atoms with Crippen molar-refractivity contribution in [1.29, 1.82) is 0 Å². The van der Waals surface area contributed by atoms with Gasteiger partial charge in [-0.1, -0.05) is 41.4 Å². The fraction of sp³-hybridized carbons (Fsp3) is 0.167. The molecule has 0 spiro atoms. The van der Waals surface area contributed by atoms with Crippen LogP contribution in [-0.2, 0) is 11.3 Å². The van der Waals surface area contributed by atoms with Crippen LogP contribution in [-0.4, -0.2) is 5.91 Å². The molecular formula is C18H19ClN2O. The van der Waals surface area contributed by atoms with E-state index >= 15 is 0 Å². The van der Waals surface area contributed by atoms with Gasteiger partial charge in [0, 0.05) is 29.0 Å². The van der Waals surface area contributed by atoms with Gasteiger partial charge in [0.15, 0.2) is 0 Å². The van der Waals surface area contributed by atoms with Gasteiger partial charge < -0.3 is 10.6 Å². The van der Waals surface area contributed by atoms with Crippen LogP contribution in [0.1, 0.15) is 18.1 Å². The maximum absolute atomic E-state index is 11.9. The van der Waals surface area contributed by atoms with Crippen molar-refractivity contribution in [3.05, 3.63) is 76.5 Å². The summed E-state index contributed by atoms with van der Waals surface area (Å²) in [6.07, 6.45) is 1.54. The first kappa shape index (κ1) is 16.1. The van der Waals surface area contributed by atoms with Crippen molar-refractivity contribution in [3.63, 3.8) is 0 Å². The number of allylic oxidation sites excluding steroid dienone is 1. The van der Waals surface area contributed by atoms with E-state index in [0.29, 0.717) is 11.6 Å². The number of aryl methyl sites for hydroxylation is 1. The molecule has 0 bridgehead atoms. The van der Waals surface area contributed by atoms with Crippen LogP contribution in [0.4, 0.5) is 5.69 Å². The summed E-state index contributed by atoms with van der Waals surface area (Å²) in [5.41, 5.74) is 3.94. The average molecular weight is 315 g/mol. The van der Waals surface area contributed by atoms with Crippen LogP contribution in [0.15, 0.2) is 60.3 Å². The summed E-state index contributed by atoms with van der Waals surface area (Å²) in [6, 6.07) is 15.3. The molecule has 2 rings (SSSR count). The molecular weight excluding hydrogens is 296 g/mol. The molecule has 0 aliphatic heterocycles. The van der Waals surface area contributed by atoms with Crippen molar-refractivity contribution in [2.24, 2.45) is 0 Å². The van der Waals surface area contributed by atoms with E-state index in [1.165, 1.54) is 11.1 Å². The number of rotatable bonds is 5. The van der Waals surface area contributed by atoms with Crippen molar-refractivity contribution in [2.45, 2.75) is 20.4 Å². The summed E-state index contributed by atoms with van der Waals surface area (Å²) in [6.45, 7) is 4.62. The Morgan fingerprint density at radius 2 is 1.73 bits per heavy atom. The molecule has 0 saturated carbocycles. The molecule has 0 unspecified atom stereocenters. The first-order valence-electron chi connectivity index (χ1n) is 7.07. The minimum atomic E-state index is -0.170. The van der Waals surface area contributed by atoms with E-state index < -0.39 is 0 Å². The molecule has 0 radical (unpaired) electrons. The summed E-state index contributed by atoms with van der Waals surface area (Å²) in [5.74, 6) is -0.170. The highest BCUT2D eigenvalue weighted by atomic mass is 35.5. The number of nitrogens with one attached hydrogen (secondary N) is 2. The van der Waals surface area contributed by atoms with E-state index in [4.69, 9.17) is 11.6 Å². The molecule has 0 aromatic heterocycles. The van der Waals surface area contributed by atoms with Crippen LogP contribution in [0.2, 0.25) is 5.02 Å². The lowest BCUT2D eigenvalue weighted by Gasteiger charge is -2.08. The lowest BCUT2D eigenvalue weighted by Crippen LogP contribution is -2.15. The SMILES string of the molecule is C/C(=C\C(=O)Nc1ccc(Cl)cc1)NCc1ccc(C)cc1. The molecule has 2 N–H and O–H groups in total. The summed E-state index contributed by atoms with van der Waals surface area (Å²) in [5, 5.41) is 6.66. The zero-order valence-electron chi connectivity index (χ0n) is 12.7. The summed E-state index contributed by atoms with van der Waals surface area (Å²) in [7, 11) is 0. The second kappa shape index (κ2) is 7.66. The Bertz CT molecular complexity index is 660. The molecule has 22 heavy (non-hydrogen) atoms. The Balaban J connectivity index is 1.86. The Kier molecular flexibility index (Phi) is 5.61. The number of benzene rings is 2. The molecule has 2 aromatic carbocycles.